The van der Waals surface area contributed by atoms with E-state index >= 15 is 0 Å². The summed E-state index contributed by atoms with van der Waals surface area (Å²) in [6, 6.07) is 28.2. The molecule has 0 aromatic heterocycles. The number of para-hydroxylation sites is 1. The van der Waals surface area contributed by atoms with E-state index in [9.17, 15) is 13.2 Å². The van der Waals surface area contributed by atoms with Gasteiger partial charge in [0.2, 0.25) is 0 Å². The maximum absolute atomic E-state index is 13.7. The van der Waals surface area contributed by atoms with E-state index in [-0.39, 0.29) is 10.6 Å². The summed E-state index contributed by atoms with van der Waals surface area (Å²) in [5.74, 6) is 0.755. The van der Waals surface area contributed by atoms with Crippen LogP contribution in [0.25, 0.3) is 0 Å². The number of carbonyl (C=O) groups is 1. The van der Waals surface area contributed by atoms with Crippen LogP contribution in [0.3, 0.4) is 0 Å². The van der Waals surface area contributed by atoms with Crippen LogP contribution in [0, 0.1) is 20.8 Å². The molecule has 0 radical (unpaired) electrons. The van der Waals surface area contributed by atoms with Gasteiger partial charge in [0.05, 0.1) is 10.6 Å². The monoisotopic (exact) mass is 516 g/mol. The van der Waals surface area contributed by atoms with Crippen molar-refractivity contribution >= 4 is 21.8 Å². The van der Waals surface area contributed by atoms with E-state index in [1.807, 2.05) is 37.3 Å². The first kappa shape index (κ1) is 25.8. The smallest absolute Gasteiger partial charge is 0.449 e. The second kappa shape index (κ2) is 11.2. The minimum atomic E-state index is -4.32. The van der Waals surface area contributed by atoms with Gasteiger partial charge >= 0.3 is 6.09 Å². The number of aryl methyl sites for hydroxylation is 3. The van der Waals surface area contributed by atoms with Crippen molar-refractivity contribution < 1.29 is 22.7 Å². The highest BCUT2D eigenvalue weighted by Crippen LogP contribution is 2.27. The second-order valence-corrected chi connectivity index (χ2v) is 10.3. The minimum absolute atomic E-state index is 0.0446. The van der Waals surface area contributed by atoms with Gasteiger partial charge in [-0.05, 0) is 73.9 Å². The topological polar surface area (TPSA) is 84.9 Å². The van der Waals surface area contributed by atoms with E-state index < -0.39 is 16.1 Å². The van der Waals surface area contributed by atoms with Crippen LogP contribution < -0.4 is 14.9 Å². The van der Waals surface area contributed by atoms with E-state index in [0.29, 0.717) is 33.6 Å². The SMILES string of the molecule is Cc1cc(C)c(S(=O)(=O)N(Nc2ccccc2)C(=O)Oc2ccc(OCc3ccccc3)cc2)c(C)c1. The van der Waals surface area contributed by atoms with Gasteiger partial charge < -0.3 is 9.47 Å². The van der Waals surface area contributed by atoms with Crippen LogP contribution in [0.4, 0.5) is 10.5 Å². The molecule has 7 nitrogen and oxygen atoms in total. The highest BCUT2D eigenvalue weighted by Gasteiger charge is 2.34. The van der Waals surface area contributed by atoms with Crippen molar-refractivity contribution in [3.05, 3.63) is 119 Å². The molecule has 4 rings (SSSR count). The zero-order chi connectivity index (χ0) is 26.4. The maximum atomic E-state index is 13.7. The first-order valence-corrected chi connectivity index (χ1v) is 13.1. The third kappa shape index (κ3) is 6.29. The Hall–Kier alpha value is -4.30. The molecule has 0 heterocycles. The fraction of sp³-hybridized carbons (Fsp3) is 0.138. The van der Waals surface area contributed by atoms with Gasteiger partial charge in [0.1, 0.15) is 18.1 Å². The third-order valence-corrected chi connectivity index (χ3v) is 7.43. The summed E-state index contributed by atoms with van der Waals surface area (Å²) in [6.07, 6.45) is -1.10. The van der Waals surface area contributed by atoms with Crippen molar-refractivity contribution in [2.24, 2.45) is 0 Å². The number of nitrogens with zero attached hydrogens (tertiary/aromatic N) is 1. The zero-order valence-electron chi connectivity index (χ0n) is 20.8. The van der Waals surface area contributed by atoms with Crippen LogP contribution in [0.5, 0.6) is 11.5 Å². The molecule has 0 spiro atoms. The molecule has 0 atom stereocenters. The first-order valence-electron chi connectivity index (χ1n) is 11.7. The molecule has 0 aliphatic heterocycles. The summed E-state index contributed by atoms with van der Waals surface area (Å²) in [7, 11) is -4.32. The Labute approximate surface area is 217 Å². The molecule has 4 aromatic rings. The molecule has 0 aliphatic carbocycles. The lowest BCUT2D eigenvalue weighted by molar-refractivity contribution is 0.184. The van der Waals surface area contributed by atoms with Crippen LogP contribution in [0.2, 0.25) is 0 Å². The molecule has 37 heavy (non-hydrogen) atoms. The predicted molar refractivity (Wildman–Crippen MR) is 143 cm³/mol. The summed E-state index contributed by atoms with van der Waals surface area (Å²) in [5.41, 5.74) is 6.13. The van der Waals surface area contributed by atoms with Crippen LogP contribution in [-0.2, 0) is 16.6 Å². The molecular formula is C29H28N2O5S. The molecule has 0 saturated heterocycles. The lowest BCUT2D eigenvalue weighted by Gasteiger charge is -2.25. The molecular weight excluding hydrogens is 488 g/mol. The second-order valence-electron chi connectivity index (χ2n) is 8.59. The number of benzene rings is 4. The summed E-state index contributed by atoms with van der Waals surface area (Å²) in [5, 5.41) is 0. The number of anilines is 1. The van der Waals surface area contributed by atoms with Crippen LogP contribution in [0.15, 0.2) is 102 Å². The zero-order valence-corrected chi connectivity index (χ0v) is 21.7. The Morgan fingerprint density at radius 3 is 1.92 bits per heavy atom. The fourth-order valence-corrected chi connectivity index (χ4v) is 5.56. The summed E-state index contributed by atoms with van der Waals surface area (Å²) in [4.78, 5) is 13.3. The Kier molecular flexibility index (Phi) is 7.79. The van der Waals surface area contributed by atoms with Gasteiger partial charge in [-0.2, -0.15) is 8.42 Å². The number of rotatable bonds is 8. The van der Waals surface area contributed by atoms with Crippen molar-refractivity contribution in [3.8, 4) is 11.5 Å². The molecule has 8 heteroatoms. The van der Waals surface area contributed by atoms with Gasteiger partial charge in [0, 0.05) is 0 Å². The Morgan fingerprint density at radius 2 is 1.32 bits per heavy atom. The molecule has 0 bridgehead atoms. The fourth-order valence-electron chi connectivity index (χ4n) is 3.99. The minimum Gasteiger partial charge on any atom is -0.489 e. The largest absolute Gasteiger partial charge is 0.489 e. The molecule has 0 saturated carbocycles. The summed E-state index contributed by atoms with van der Waals surface area (Å²) in [6.45, 7) is 5.68. The number of hydrogen-bond acceptors (Lipinski definition) is 6. The maximum Gasteiger partial charge on any atom is 0.449 e. The Morgan fingerprint density at radius 1 is 0.784 bits per heavy atom. The molecule has 0 aliphatic rings. The number of carbonyl (C=O) groups excluding carboxylic acids is 1. The first-order chi connectivity index (χ1) is 17.7. The van der Waals surface area contributed by atoms with Gasteiger partial charge in [-0.25, -0.2) is 4.79 Å². The molecule has 1 amide bonds. The van der Waals surface area contributed by atoms with E-state index in [1.54, 1.807) is 80.6 Å². The van der Waals surface area contributed by atoms with Crippen molar-refractivity contribution in [1.82, 2.24) is 4.41 Å². The number of amides is 1. The van der Waals surface area contributed by atoms with Crippen molar-refractivity contribution in [2.45, 2.75) is 32.3 Å². The Balaban J connectivity index is 1.57. The average molecular weight is 517 g/mol. The van der Waals surface area contributed by atoms with Gasteiger partial charge in [0.15, 0.2) is 0 Å². The van der Waals surface area contributed by atoms with Crippen molar-refractivity contribution in [2.75, 3.05) is 5.43 Å². The molecule has 0 unspecified atom stereocenters. The average Bonchev–Trinajstić information content (AvgIpc) is 2.87. The Bertz CT molecular complexity index is 1450. The third-order valence-electron chi connectivity index (χ3n) is 5.55. The van der Waals surface area contributed by atoms with Crippen LogP contribution in [0.1, 0.15) is 22.3 Å². The van der Waals surface area contributed by atoms with Gasteiger partial charge in [-0.15, -0.1) is 4.41 Å². The highest BCUT2D eigenvalue weighted by atomic mass is 32.2. The molecule has 1 N–H and O–H groups in total. The highest BCUT2D eigenvalue weighted by molar-refractivity contribution is 7.89. The number of ether oxygens (including phenoxy) is 2. The molecule has 190 valence electrons. The van der Waals surface area contributed by atoms with Gasteiger partial charge in [-0.1, -0.05) is 66.2 Å². The molecule has 4 aromatic carbocycles. The van der Waals surface area contributed by atoms with E-state index in [0.717, 1.165) is 11.1 Å². The quantitative estimate of drug-likeness (QED) is 0.273. The molecule has 0 fully saturated rings. The standard InChI is InChI=1S/C29H28N2O5S/c1-21-18-22(2)28(23(3)19-21)37(33,34)31(30-25-12-8-5-9-13-25)29(32)36-27-16-14-26(15-17-27)35-20-24-10-6-4-7-11-24/h4-19,30H,20H2,1-3H3. The predicted octanol–water partition coefficient (Wildman–Crippen LogP) is 6.41. The van der Waals surface area contributed by atoms with Crippen LogP contribution in [-0.4, -0.2) is 18.9 Å². The lowest BCUT2D eigenvalue weighted by atomic mass is 10.1. The normalized spacial score (nSPS) is 11.0. The van der Waals surface area contributed by atoms with Gasteiger partial charge in [-0.3, -0.25) is 5.43 Å². The lowest BCUT2D eigenvalue weighted by Crippen LogP contribution is -2.43. The van der Waals surface area contributed by atoms with E-state index in [4.69, 9.17) is 9.47 Å². The number of hydrazine groups is 1. The van der Waals surface area contributed by atoms with Crippen molar-refractivity contribution in [1.29, 1.82) is 0 Å². The summed E-state index contributed by atoms with van der Waals surface area (Å²) < 4.78 is 39.2. The number of hydrogen-bond donors (Lipinski definition) is 1. The van der Waals surface area contributed by atoms with E-state index in [1.165, 1.54) is 0 Å². The summed E-state index contributed by atoms with van der Waals surface area (Å²) >= 11 is 0. The number of sulfonamides is 1. The van der Waals surface area contributed by atoms with Crippen LogP contribution >= 0.6 is 0 Å². The van der Waals surface area contributed by atoms with E-state index in [2.05, 4.69) is 5.43 Å². The van der Waals surface area contributed by atoms with Crippen molar-refractivity contribution in [3.63, 3.8) is 0 Å². The van der Waals surface area contributed by atoms with Gasteiger partial charge in [0.25, 0.3) is 10.0 Å². The number of nitrogens with one attached hydrogen (secondary N) is 1.